The second-order valence-corrected chi connectivity index (χ2v) is 5.87. The zero-order valence-electron chi connectivity index (χ0n) is 12.1. The third-order valence-electron chi connectivity index (χ3n) is 4.19. The van der Waals surface area contributed by atoms with Crippen LogP contribution in [0.1, 0.15) is 33.1 Å². The van der Waals surface area contributed by atoms with Crippen molar-refractivity contribution >= 4 is 0 Å². The molecule has 0 aromatic rings. The normalized spacial score (nSPS) is 28.3. The smallest absolute Gasteiger partial charge is 0.0281 e. The SMILES string of the molecule is CC(C)N1CCCCC1/C=C\CN1CCNCC1. The molecular formula is C15H29N3. The Morgan fingerprint density at radius 2 is 1.94 bits per heavy atom. The van der Waals surface area contributed by atoms with Gasteiger partial charge in [0.05, 0.1) is 0 Å². The molecule has 3 heteroatoms. The van der Waals surface area contributed by atoms with Gasteiger partial charge >= 0.3 is 0 Å². The molecule has 0 radical (unpaired) electrons. The lowest BCUT2D eigenvalue weighted by Crippen LogP contribution is -2.44. The van der Waals surface area contributed by atoms with Crippen molar-refractivity contribution < 1.29 is 0 Å². The number of likely N-dealkylation sites (tertiary alicyclic amines) is 1. The first kappa shape index (κ1) is 14.0. The molecule has 1 unspecified atom stereocenters. The van der Waals surface area contributed by atoms with Crippen molar-refractivity contribution in [2.75, 3.05) is 39.3 Å². The average molecular weight is 251 g/mol. The first-order valence-corrected chi connectivity index (χ1v) is 7.63. The number of hydrogen-bond donors (Lipinski definition) is 1. The molecule has 1 atom stereocenters. The Bertz CT molecular complexity index is 256. The molecule has 0 bridgehead atoms. The first-order chi connectivity index (χ1) is 8.77. The molecule has 0 aromatic carbocycles. The van der Waals surface area contributed by atoms with Gasteiger partial charge in [-0.15, -0.1) is 0 Å². The molecule has 0 aliphatic carbocycles. The van der Waals surface area contributed by atoms with Crippen molar-refractivity contribution in [3.8, 4) is 0 Å². The fourth-order valence-corrected chi connectivity index (χ4v) is 3.09. The molecule has 2 aliphatic rings. The third-order valence-corrected chi connectivity index (χ3v) is 4.19. The number of piperazine rings is 1. The van der Waals surface area contributed by atoms with E-state index in [0.717, 1.165) is 19.6 Å². The second-order valence-electron chi connectivity index (χ2n) is 5.87. The van der Waals surface area contributed by atoms with Crippen LogP contribution < -0.4 is 5.32 Å². The van der Waals surface area contributed by atoms with E-state index >= 15 is 0 Å². The maximum absolute atomic E-state index is 3.40. The molecule has 1 N–H and O–H groups in total. The molecule has 2 rings (SSSR count). The van der Waals surface area contributed by atoms with Crippen molar-refractivity contribution in [3.63, 3.8) is 0 Å². The van der Waals surface area contributed by atoms with E-state index in [9.17, 15) is 0 Å². The minimum absolute atomic E-state index is 0.680. The Morgan fingerprint density at radius 1 is 1.17 bits per heavy atom. The Labute approximate surface area is 112 Å². The van der Waals surface area contributed by atoms with Crippen LogP contribution in [0, 0.1) is 0 Å². The van der Waals surface area contributed by atoms with E-state index in [1.165, 1.54) is 38.9 Å². The molecule has 2 aliphatic heterocycles. The zero-order valence-corrected chi connectivity index (χ0v) is 12.1. The first-order valence-electron chi connectivity index (χ1n) is 7.63. The van der Waals surface area contributed by atoms with Crippen molar-refractivity contribution in [1.82, 2.24) is 15.1 Å². The molecule has 3 nitrogen and oxygen atoms in total. The van der Waals surface area contributed by atoms with Gasteiger partial charge in [0.25, 0.3) is 0 Å². The summed E-state index contributed by atoms with van der Waals surface area (Å²) in [5.41, 5.74) is 0. The number of rotatable bonds is 4. The zero-order chi connectivity index (χ0) is 12.8. The number of hydrogen-bond acceptors (Lipinski definition) is 3. The minimum atomic E-state index is 0.680. The van der Waals surface area contributed by atoms with Crippen LogP contribution in [0.3, 0.4) is 0 Å². The highest BCUT2D eigenvalue weighted by atomic mass is 15.2. The van der Waals surface area contributed by atoms with Crippen LogP contribution in [0.5, 0.6) is 0 Å². The molecule has 0 amide bonds. The van der Waals surface area contributed by atoms with E-state index in [2.05, 4.69) is 41.1 Å². The highest BCUT2D eigenvalue weighted by Gasteiger charge is 2.21. The summed E-state index contributed by atoms with van der Waals surface area (Å²) in [6, 6.07) is 1.36. The Balaban J connectivity index is 1.78. The van der Waals surface area contributed by atoms with E-state index in [0.29, 0.717) is 12.1 Å². The van der Waals surface area contributed by atoms with Gasteiger partial charge in [0.1, 0.15) is 0 Å². The largest absolute Gasteiger partial charge is 0.314 e. The summed E-state index contributed by atoms with van der Waals surface area (Å²) in [4.78, 5) is 5.19. The number of nitrogens with zero attached hydrogens (tertiary/aromatic N) is 2. The highest BCUT2D eigenvalue weighted by molar-refractivity contribution is 4.98. The van der Waals surface area contributed by atoms with Crippen molar-refractivity contribution in [2.24, 2.45) is 0 Å². The van der Waals surface area contributed by atoms with Crippen LogP contribution in [-0.2, 0) is 0 Å². The van der Waals surface area contributed by atoms with Crippen LogP contribution in [0.2, 0.25) is 0 Å². The highest BCUT2D eigenvalue weighted by Crippen LogP contribution is 2.20. The summed E-state index contributed by atoms with van der Waals surface area (Å²) < 4.78 is 0. The second kappa shape index (κ2) is 7.27. The fraction of sp³-hybridized carbons (Fsp3) is 0.867. The van der Waals surface area contributed by atoms with Gasteiger partial charge < -0.3 is 5.32 Å². The predicted octanol–water partition coefficient (Wildman–Crippen LogP) is 1.71. The molecule has 2 heterocycles. The lowest BCUT2D eigenvalue weighted by Gasteiger charge is -2.37. The maximum atomic E-state index is 3.40. The average Bonchev–Trinajstić information content (AvgIpc) is 2.40. The van der Waals surface area contributed by atoms with Crippen LogP contribution in [-0.4, -0.2) is 61.2 Å². The summed E-state index contributed by atoms with van der Waals surface area (Å²) in [6.07, 6.45) is 8.97. The number of piperidine rings is 1. The van der Waals surface area contributed by atoms with Crippen LogP contribution >= 0.6 is 0 Å². The van der Waals surface area contributed by atoms with E-state index in [1.54, 1.807) is 0 Å². The molecular weight excluding hydrogens is 222 g/mol. The Hall–Kier alpha value is -0.380. The quantitative estimate of drug-likeness (QED) is 0.768. The van der Waals surface area contributed by atoms with Gasteiger partial charge in [0.2, 0.25) is 0 Å². The Kier molecular flexibility index (Phi) is 5.67. The van der Waals surface area contributed by atoms with Gasteiger partial charge in [-0.2, -0.15) is 0 Å². The van der Waals surface area contributed by atoms with Crippen LogP contribution in [0.15, 0.2) is 12.2 Å². The van der Waals surface area contributed by atoms with E-state index in [-0.39, 0.29) is 0 Å². The van der Waals surface area contributed by atoms with E-state index in [1.807, 2.05) is 0 Å². The topological polar surface area (TPSA) is 18.5 Å². The fourth-order valence-electron chi connectivity index (χ4n) is 3.09. The number of nitrogens with one attached hydrogen (secondary N) is 1. The summed E-state index contributed by atoms with van der Waals surface area (Å²) in [6.45, 7) is 11.7. The molecule has 2 saturated heterocycles. The summed E-state index contributed by atoms with van der Waals surface area (Å²) in [5, 5.41) is 3.40. The van der Waals surface area contributed by atoms with Gasteiger partial charge in [0.15, 0.2) is 0 Å². The summed E-state index contributed by atoms with van der Waals surface area (Å²) >= 11 is 0. The predicted molar refractivity (Wildman–Crippen MR) is 77.9 cm³/mol. The molecule has 0 aromatic heterocycles. The molecule has 0 spiro atoms. The van der Waals surface area contributed by atoms with Gasteiger partial charge in [-0.05, 0) is 33.2 Å². The maximum Gasteiger partial charge on any atom is 0.0281 e. The van der Waals surface area contributed by atoms with Gasteiger partial charge in [-0.25, -0.2) is 0 Å². The summed E-state index contributed by atoms with van der Waals surface area (Å²) in [7, 11) is 0. The van der Waals surface area contributed by atoms with Gasteiger partial charge in [-0.1, -0.05) is 18.6 Å². The van der Waals surface area contributed by atoms with Gasteiger partial charge in [0, 0.05) is 44.8 Å². The Morgan fingerprint density at radius 3 is 2.67 bits per heavy atom. The third kappa shape index (κ3) is 4.08. The lowest BCUT2D eigenvalue weighted by atomic mass is 10.00. The van der Waals surface area contributed by atoms with Crippen molar-refractivity contribution in [3.05, 3.63) is 12.2 Å². The monoisotopic (exact) mass is 251 g/mol. The lowest BCUT2D eigenvalue weighted by molar-refractivity contribution is 0.140. The molecule has 18 heavy (non-hydrogen) atoms. The molecule has 104 valence electrons. The van der Waals surface area contributed by atoms with Crippen molar-refractivity contribution in [1.29, 1.82) is 0 Å². The minimum Gasteiger partial charge on any atom is -0.314 e. The van der Waals surface area contributed by atoms with Crippen LogP contribution in [0.25, 0.3) is 0 Å². The van der Waals surface area contributed by atoms with E-state index < -0.39 is 0 Å². The standard InChI is InChI=1S/C15H29N3/c1-14(2)18-11-4-3-6-15(18)7-5-10-17-12-8-16-9-13-17/h5,7,14-16H,3-4,6,8-13H2,1-2H3/b7-5-. The van der Waals surface area contributed by atoms with Crippen LogP contribution in [0.4, 0.5) is 0 Å². The molecule has 2 fully saturated rings. The van der Waals surface area contributed by atoms with Gasteiger partial charge in [-0.3, -0.25) is 9.80 Å². The van der Waals surface area contributed by atoms with Crippen molar-refractivity contribution in [2.45, 2.75) is 45.2 Å². The molecule has 0 saturated carbocycles. The van der Waals surface area contributed by atoms with E-state index in [4.69, 9.17) is 0 Å². The summed E-state index contributed by atoms with van der Waals surface area (Å²) in [5.74, 6) is 0.